The third-order valence-electron chi connectivity index (χ3n) is 4.94. The van der Waals surface area contributed by atoms with Crippen molar-refractivity contribution < 1.29 is 35.0 Å². The van der Waals surface area contributed by atoms with E-state index >= 15 is 0 Å². The van der Waals surface area contributed by atoms with Crippen LogP contribution < -0.4 is 0 Å². The van der Waals surface area contributed by atoms with E-state index in [1.165, 1.54) is 0 Å². The molecule has 1 saturated heterocycles. The van der Waals surface area contributed by atoms with E-state index in [0.29, 0.717) is 12.8 Å². The van der Waals surface area contributed by atoms with Gasteiger partial charge in [0.2, 0.25) is 0 Å². The predicted octanol–water partition coefficient (Wildman–Crippen LogP) is -1.01. The number of rotatable bonds is 3. The summed E-state index contributed by atoms with van der Waals surface area (Å²) in [6.45, 7) is 5.55. The third kappa shape index (κ3) is 3.31. The molecule has 10 atom stereocenters. The topological polar surface area (TPSA) is 120 Å². The van der Waals surface area contributed by atoms with Gasteiger partial charge in [-0.25, -0.2) is 0 Å². The van der Waals surface area contributed by atoms with Gasteiger partial charge in [-0.05, 0) is 24.7 Å². The van der Waals surface area contributed by atoms with E-state index in [4.69, 9.17) is 9.47 Å². The quantitative estimate of drug-likeness (QED) is 0.452. The molecule has 1 heterocycles. The minimum Gasteiger partial charge on any atom is -0.390 e. The third-order valence-corrected chi connectivity index (χ3v) is 4.94. The van der Waals surface area contributed by atoms with Crippen LogP contribution in [0, 0.1) is 11.8 Å². The fraction of sp³-hybridized carbons (Fsp3) is 1.00. The summed E-state index contributed by atoms with van der Waals surface area (Å²) in [6.07, 6.45) is -7.32. The van der Waals surface area contributed by atoms with Crippen molar-refractivity contribution in [3.05, 3.63) is 0 Å². The monoisotopic (exact) mass is 320 g/mol. The maximum atomic E-state index is 10.2. The van der Waals surface area contributed by atoms with Crippen molar-refractivity contribution >= 4 is 0 Å². The van der Waals surface area contributed by atoms with Crippen molar-refractivity contribution in [3.63, 3.8) is 0 Å². The summed E-state index contributed by atoms with van der Waals surface area (Å²) in [5, 5.41) is 50.0. The smallest absolute Gasteiger partial charge is 0.186 e. The summed E-state index contributed by atoms with van der Waals surface area (Å²) in [5.41, 5.74) is 0. The predicted molar refractivity (Wildman–Crippen MR) is 76.8 cm³/mol. The Morgan fingerprint density at radius 3 is 2.09 bits per heavy atom. The lowest BCUT2D eigenvalue weighted by atomic mass is 9.77. The Labute approximate surface area is 130 Å². The van der Waals surface area contributed by atoms with Crippen LogP contribution in [-0.2, 0) is 9.47 Å². The van der Waals surface area contributed by atoms with Crippen LogP contribution in [0.25, 0.3) is 0 Å². The van der Waals surface area contributed by atoms with Crippen molar-refractivity contribution in [2.24, 2.45) is 11.8 Å². The van der Waals surface area contributed by atoms with E-state index in [2.05, 4.69) is 0 Å². The summed E-state index contributed by atoms with van der Waals surface area (Å²) in [7, 11) is 0. The zero-order valence-electron chi connectivity index (χ0n) is 13.2. The van der Waals surface area contributed by atoms with Gasteiger partial charge in [-0.2, -0.15) is 0 Å². The lowest BCUT2D eigenvalue weighted by Gasteiger charge is -2.45. The second kappa shape index (κ2) is 7.09. The molecule has 0 bridgehead atoms. The molecule has 0 amide bonds. The number of hydrogen-bond donors (Lipinski definition) is 5. The summed E-state index contributed by atoms with van der Waals surface area (Å²) >= 11 is 0. The van der Waals surface area contributed by atoms with Gasteiger partial charge < -0.3 is 35.0 Å². The average molecular weight is 320 g/mol. The molecule has 130 valence electrons. The Balaban J connectivity index is 2.08. The molecule has 1 aliphatic heterocycles. The highest BCUT2D eigenvalue weighted by atomic mass is 16.7. The maximum Gasteiger partial charge on any atom is 0.186 e. The number of hydrogen-bond acceptors (Lipinski definition) is 7. The van der Waals surface area contributed by atoms with Gasteiger partial charge >= 0.3 is 0 Å². The highest BCUT2D eigenvalue weighted by molar-refractivity contribution is 4.93. The Kier molecular flexibility index (Phi) is 5.82. The lowest BCUT2D eigenvalue weighted by molar-refractivity contribution is -0.324. The molecule has 10 unspecified atom stereocenters. The molecule has 7 nitrogen and oxygen atoms in total. The van der Waals surface area contributed by atoms with Crippen LogP contribution in [0.5, 0.6) is 0 Å². The van der Waals surface area contributed by atoms with Crippen molar-refractivity contribution in [1.29, 1.82) is 0 Å². The first-order valence-corrected chi connectivity index (χ1v) is 7.99. The normalized spacial score (nSPS) is 53.5. The summed E-state index contributed by atoms with van der Waals surface area (Å²) in [4.78, 5) is 0. The highest BCUT2D eigenvalue weighted by Gasteiger charge is 2.47. The van der Waals surface area contributed by atoms with Crippen molar-refractivity contribution in [3.8, 4) is 0 Å². The van der Waals surface area contributed by atoms with E-state index in [-0.39, 0.29) is 11.8 Å². The van der Waals surface area contributed by atoms with Gasteiger partial charge in [0, 0.05) is 0 Å². The average Bonchev–Trinajstić information content (AvgIpc) is 2.49. The Hall–Kier alpha value is -0.280. The largest absolute Gasteiger partial charge is 0.390 e. The second-order valence-electron chi connectivity index (χ2n) is 6.70. The molecule has 5 N–H and O–H groups in total. The highest BCUT2D eigenvalue weighted by Crippen LogP contribution is 2.34. The lowest BCUT2D eigenvalue weighted by Crippen LogP contribution is -2.61. The fourth-order valence-corrected chi connectivity index (χ4v) is 3.46. The van der Waals surface area contributed by atoms with Crippen LogP contribution in [-0.4, -0.2) is 74.6 Å². The van der Waals surface area contributed by atoms with E-state index in [1.54, 1.807) is 6.92 Å². The molecule has 0 aromatic heterocycles. The van der Waals surface area contributed by atoms with Gasteiger partial charge in [0.15, 0.2) is 6.29 Å². The molecule has 0 aromatic rings. The van der Waals surface area contributed by atoms with Crippen LogP contribution in [0.3, 0.4) is 0 Å². The minimum atomic E-state index is -1.41. The summed E-state index contributed by atoms with van der Waals surface area (Å²) in [5.74, 6) is -0.0777. The van der Waals surface area contributed by atoms with Gasteiger partial charge in [-0.1, -0.05) is 20.8 Å². The number of aliphatic hydroxyl groups is 5. The molecular weight excluding hydrogens is 292 g/mol. The maximum absolute atomic E-state index is 10.2. The molecule has 0 radical (unpaired) electrons. The second-order valence-corrected chi connectivity index (χ2v) is 6.70. The fourth-order valence-electron chi connectivity index (χ4n) is 3.46. The first kappa shape index (κ1) is 18.1. The zero-order valence-corrected chi connectivity index (χ0v) is 13.2. The molecule has 0 aromatic carbocycles. The van der Waals surface area contributed by atoms with Crippen molar-refractivity contribution in [1.82, 2.24) is 0 Å². The zero-order chi connectivity index (χ0) is 16.6. The molecule has 22 heavy (non-hydrogen) atoms. The minimum absolute atomic E-state index is 0.0340. The Morgan fingerprint density at radius 1 is 0.864 bits per heavy atom. The van der Waals surface area contributed by atoms with E-state index in [9.17, 15) is 25.5 Å². The summed E-state index contributed by atoms with van der Waals surface area (Å²) < 4.78 is 11.2. The molecule has 1 saturated carbocycles. The SMILES string of the molecule is CCC1OC(OC2C(C)CC(C)C(O)C2O)C(O)C(O)C1O. The van der Waals surface area contributed by atoms with Crippen LogP contribution in [0.1, 0.15) is 33.6 Å². The molecular formula is C15H28O7. The Morgan fingerprint density at radius 2 is 1.50 bits per heavy atom. The van der Waals surface area contributed by atoms with Gasteiger partial charge in [-0.3, -0.25) is 0 Å². The first-order valence-electron chi connectivity index (χ1n) is 7.99. The van der Waals surface area contributed by atoms with Gasteiger partial charge in [-0.15, -0.1) is 0 Å². The van der Waals surface area contributed by atoms with Crippen LogP contribution in [0.2, 0.25) is 0 Å². The van der Waals surface area contributed by atoms with Crippen LogP contribution in [0.4, 0.5) is 0 Å². The Bertz CT molecular complexity index is 364. The number of aliphatic hydroxyl groups excluding tert-OH is 5. The molecule has 2 rings (SSSR count). The van der Waals surface area contributed by atoms with Crippen LogP contribution >= 0.6 is 0 Å². The van der Waals surface area contributed by atoms with Gasteiger partial charge in [0.25, 0.3) is 0 Å². The van der Waals surface area contributed by atoms with Gasteiger partial charge in [0.05, 0.1) is 18.3 Å². The molecule has 0 spiro atoms. The molecule has 2 fully saturated rings. The van der Waals surface area contributed by atoms with E-state index in [1.807, 2.05) is 13.8 Å². The van der Waals surface area contributed by atoms with Crippen LogP contribution in [0.15, 0.2) is 0 Å². The number of ether oxygens (including phenoxy) is 2. The van der Waals surface area contributed by atoms with E-state index in [0.717, 1.165) is 0 Å². The summed E-state index contributed by atoms with van der Waals surface area (Å²) in [6, 6.07) is 0. The van der Waals surface area contributed by atoms with E-state index < -0.39 is 49.0 Å². The standard InChI is InChI=1S/C15H28O7/c1-4-8-10(17)11(18)13(20)15(21-8)22-14-7(3)5-6(2)9(16)12(14)19/h6-20H,4-5H2,1-3H3. The first-order chi connectivity index (χ1) is 10.3. The molecule has 2 aliphatic rings. The van der Waals surface area contributed by atoms with Gasteiger partial charge in [0.1, 0.15) is 24.4 Å². The van der Waals surface area contributed by atoms with Crippen molar-refractivity contribution in [2.75, 3.05) is 0 Å². The van der Waals surface area contributed by atoms with Crippen molar-refractivity contribution in [2.45, 2.75) is 82.6 Å². The molecule has 7 heteroatoms. The molecule has 1 aliphatic carbocycles.